The van der Waals surface area contributed by atoms with Gasteiger partial charge in [-0.05, 0) is 74.2 Å². The minimum absolute atomic E-state index is 0.150. The van der Waals surface area contributed by atoms with Crippen LogP contribution in [0.3, 0.4) is 0 Å². The Kier molecular flexibility index (Phi) is 6.42. The molecule has 0 saturated heterocycles. The van der Waals surface area contributed by atoms with Crippen molar-refractivity contribution in [2.75, 3.05) is 12.0 Å². The molecule has 1 aliphatic rings. The first-order valence-corrected chi connectivity index (χ1v) is 12.6. The van der Waals surface area contributed by atoms with Crippen LogP contribution in [-0.4, -0.2) is 34.0 Å². The molecule has 0 unspecified atom stereocenters. The van der Waals surface area contributed by atoms with Crippen molar-refractivity contribution in [1.29, 1.82) is 0 Å². The number of alkyl halides is 3. The molecule has 3 aromatic heterocycles. The van der Waals surface area contributed by atoms with Crippen LogP contribution >= 0.6 is 11.3 Å². The van der Waals surface area contributed by atoms with Crippen LogP contribution in [0.15, 0.2) is 42.5 Å². The number of nitrogens with zero attached hydrogens (tertiary/aromatic N) is 4. The minimum Gasteiger partial charge on any atom is -0.497 e. The van der Waals surface area contributed by atoms with Gasteiger partial charge in [0.25, 0.3) is 0 Å². The summed E-state index contributed by atoms with van der Waals surface area (Å²) >= 11 is 1.45. The lowest BCUT2D eigenvalue weighted by atomic mass is 10.1. The monoisotopic (exact) mass is 515 g/mol. The summed E-state index contributed by atoms with van der Waals surface area (Å²) in [6.45, 7) is 2.66. The van der Waals surface area contributed by atoms with Crippen molar-refractivity contribution in [2.24, 2.45) is 12.8 Å². The van der Waals surface area contributed by atoms with Crippen LogP contribution in [0.4, 0.5) is 19.0 Å². The van der Waals surface area contributed by atoms with Gasteiger partial charge < -0.3 is 15.4 Å². The SMILES string of the molecule is COc1ccc2nc(N(Cc3ccc(-c4cc(C(F)(F)F)n(C)n4)s3)[C@H]3CC[C@H](N)C3)cc(C)c2c1. The molecule has 3 heterocycles. The second kappa shape index (κ2) is 9.40. The van der Waals surface area contributed by atoms with Gasteiger partial charge in [-0.1, -0.05) is 0 Å². The van der Waals surface area contributed by atoms with E-state index in [9.17, 15) is 13.2 Å². The highest BCUT2D eigenvalue weighted by molar-refractivity contribution is 7.15. The van der Waals surface area contributed by atoms with Gasteiger partial charge in [0.1, 0.15) is 23.0 Å². The van der Waals surface area contributed by atoms with E-state index in [0.29, 0.717) is 17.1 Å². The Hall–Kier alpha value is -3.11. The standard InChI is InChI=1S/C26H28F3N5OS/c1-15-10-25(31-21-8-6-18(35-3)12-20(15)21)34(17-5-4-16(30)11-17)14-19-7-9-23(36-19)22-13-24(26(27,28)29)33(2)32-22/h6-10,12-13,16-17H,4-5,11,14,30H2,1-3H3/t16-,17-/m0/s1. The van der Waals surface area contributed by atoms with Gasteiger partial charge in [0.05, 0.1) is 24.0 Å². The zero-order chi connectivity index (χ0) is 25.6. The first-order valence-electron chi connectivity index (χ1n) is 11.8. The van der Waals surface area contributed by atoms with Crippen LogP contribution in [0, 0.1) is 6.92 Å². The Morgan fingerprint density at radius 3 is 2.64 bits per heavy atom. The molecule has 6 nitrogen and oxygen atoms in total. The highest BCUT2D eigenvalue weighted by atomic mass is 32.1. The summed E-state index contributed by atoms with van der Waals surface area (Å²) in [5, 5.41) is 5.14. The number of fused-ring (bicyclic) bond motifs is 1. The summed E-state index contributed by atoms with van der Waals surface area (Å²) in [6.07, 6.45) is -1.65. The Bertz CT molecular complexity index is 1400. The fourth-order valence-corrected chi connectivity index (χ4v) is 5.89. The highest BCUT2D eigenvalue weighted by Crippen LogP contribution is 2.36. The molecular weight excluding hydrogens is 487 g/mol. The van der Waals surface area contributed by atoms with E-state index in [-0.39, 0.29) is 12.1 Å². The summed E-state index contributed by atoms with van der Waals surface area (Å²) in [5.41, 5.74) is 7.80. The van der Waals surface area contributed by atoms with E-state index < -0.39 is 11.9 Å². The van der Waals surface area contributed by atoms with Crippen LogP contribution < -0.4 is 15.4 Å². The van der Waals surface area contributed by atoms with Gasteiger partial charge in [-0.3, -0.25) is 4.68 Å². The Morgan fingerprint density at radius 2 is 1.97 bits per heavy atom. The van der Waals surface area contributed by atoms with Crippen molar-refractivity contribution < 1.29 is 17.9 Å². The highest BCUT2D eigenvalue weighted by Gasteiger charge is 2.35. The second-order valence-electron chi connectivity index (χ2n) is 9.34. The first-order chi connectivity index (χ1) is 17.1. The van der Waals surface area contributed by atoms with Gasteiger partial charge in [-0.25, -0.2) is 4.98 Å². The summed E-state index contributed by atoms with van der Waals surface area (Å²) < 4.78 is 46.0. The Morgan fingerprint density at radius 1 is 1.17 bits per heavy atom. The maximum atomic E-state index is 13.2. The van der Waals surface area contributed by atoms with Crippen LogP contribution in [0.5, 0.6) is 5.75 Å². The number of halogens is 3. The third kappa shape index (κ3) is 4.79. The molecule has 2 atom stereocenters. The molecule has 1 aromatic carbocycles. The third-order valence-corrected chi connectivity index (χ3v) is 7.89. The molecular formula is C26H28F3N5OS. The van der Waals surface area contributed by atoms with Crippen molar-refractivity contribution in [3.63, 3.8) is 0 Å². The number of hydrogen-bond acceptors (Lipinski definition) is 6. The molecule has 0 amide bonds. The van der Waals surface area contributed by atoms with Crippen molar-refractivity contribution in [2.45, 2.75) is 51.0 Å². The van der Waals surface area contributed by atoms with Gasteiger partial charge >= 0.3 is 6.18 Å². The van der Waals surface area contributed by atoms with E-state index >= 15 is 0 Å². The van der Waals surface area contributed by atoms with Crippen molar-refractivity contribution in [1.82, 2.24) is 14.8 Å². The average Bonchev–Trinajstić information content (AvgIpc) is 3.56. The lowest BCUT2D eigenvalue weighted by molar-refractivity contribution is -0.143. The quantitative estimate of drug-likeness (QED) is 0.345. The fraction of sp³-hybridized carbons (Fsp3) is 0.385. The van der Waals surface area contributed by atoms with E-state index in [2.05, 4.69) is 23.0 Å². The number of rotatable bonds is 6. The van der Waals surface area contributed by atoms with Crippen molar-refractivity contribution >= 4 is 28.1 Å². The van der Waals surface area contributed by atoms with E-state index in [0.717, 1.165) is 62.9 Å². The Labute approximate surface area is 211 Å². The molecule has 2 N–H and O–H groups in total. The number of nitrogens with two attached hydrogens (primary N) is 1. The predicted molar refractivity (Wildman–Crippen MR) is 136 cm³/mol. The third-order valence-electron chi connectivity index (χ3n) is 6.80. The molecule has 0 spiro atoms. The molecule has 4 aromatic rings. The molecule has 10 heteroatoms. The molecule has 1 saturated carbocycles. The number of benzene rings is 1. The van der Waals surface area contributed by atoms with Gasteiger partial charge in [-0.2, -0.15) is 18.3 Å². The molecule has 0 aliphatic heterocycles. The van der Waals surface area contributed by atoms with E-state index in [4.69, 9.17) is 15.5 Å². The van der Waals surface area contributed by atoms with Crippen molar-refractivity contribution in [3.8, 4) is 16.3 Å². The zero-order valence-corrected chi connectivity index (χ0v) is 21.2. The smallest absolute Gasteiger partial charge is 0.433 e. The van der Waals surface area contributed by atoms with Gasteiger partial charge in [0.15, 0.2) is 0 Å². The topological polar surface area (TPSA) is 69.2 Å². The number of pyridine rings is 1. The molecule has 0 bridgehead atoms. The van der Waals surface area contributed by atoms with E-state index in [1.807, 2.05) is 30.3 Å². The molecule has 1 aliphatic carbocycles. The lowest BCUT2D eigenvalue weighted by Crippen LogP contribution is -2.34. The number of aryl methyl sites for hydroxylation is 2. The van der Waals surface area contributed by atoms with Crippen LogP contribution in [-0.2, 0) is 19.8 Å². The number of thiophene rings is 1. The fourth-order valence-electron chi connectivity index (χ4n) is 4.92. The maximum Gasteiger partial charge on any atom is 0.433 e. The van der Waals surface area contributed by atoms with E-state index in [1.54, 1.807) is 7.11 Å². The van der Waals surface area contributed by atoms with Crippen LogP contribution in [0.2, 0.25) is 0 Å². The first kappa shape index (κ1) is 24.6. The number of anilines is 1. The number of aromatic nitrogens is 3. The average molecular weight is 516 g/mol. The number of hydrogen-bond donors (Lipinski definition) is 1. The summed E-state index contributed by atoms with van der Waals surface area (Å²) in [6, 6.07) is 13.2. The Balaban J connectivity index is 1.48. The molecule has 190 valence electrons. The molecule has 5 rings (SSSR count). The molecule has 0 radical (unpaired) electrons. The van der Waals surface area contributed by atoms with Crippen LogP contribution in [0.25, 0.3) is 21.5 Å². The van der Waals surface area contributed by atoms with Gasteiger partial charge in [0.2, 0.25) is 0 Å². The minimum atomic E-state index is -4.44. The maximum absolute atomic E-state index is 13.2. The predicted octanol–water partition coefficient (Wildman–Crippen LogP) is 5.92. The van der Waals surface area contributed by atoms with Crippen LogP contribution in [0.1, 0.15) is 35.4 Å². The number of methoxy groups -OCH3 is 1. The van der Waals surface area contributed by atoms with Gasteiger partial charge in [0, 0.05) is 29.4 Å². The summed E-state index contributed by atoms with van der Waals surface area (Å²) in [7, 11) is 2.96. The van der Waals surface area contributed by atoms with Crippen molar-refractivity contribution in [3.05, 3.63) is 58.6 Å². The summed E-state index contributed by atoms with van der Waals surface area (Å²) in [4.78, 5) is 9.00. The second-order valence-corrected chi connectivity index (χ2v) is 10.5. The largest absolute Gasteiger partial charge is 0.497 e. The lowest BCUT2D eigenvalue weighted by Gasteiger charge is -2.30. The molecule has 1 fully saturated rings. The number of ether oxygens (including phenoxy) is 1. The normalized spacial score (nSPS) is 18.2. The zero-order valence-electron chi connectivity index (χ0n) is 20.3. The van der Waals surface area contributed by atoms with Gasteiger partial charge in [-0.15, -0.1) is 11.3 Å². The van der Waals surface area contributed by atoms with E-state index in [1.165, 1.54) is 18.4 Å². The summed E-state index contributed by atoms with van der Waals surface area (Å²) in [5.74, 6) is 1.66. The molecule has 36 heavy (non-hydrogen) atoms.